The van der Waals surface area contributed by atoms with Crippen LogP contribution in [-0.4, -0.2) is 111 Å². The van der Waals surface area contributed by atoms with E-state index in [0.717, 1.165) is 96.4 Å². The summed E-state index contributed by atoms with van der Waals surface area (Å²) in [6.07, 6.45) is 19.4. The first kappa shape index (κ1) is 51.6. The van der Waals surface area contributed by atoms with Crippen molar-refractivity contribution in [3.05, 3.63) is 0 Å². The van der Waals surface area contributed by atoms with Crippen LogP contribution in [0.15, 0.2) is 0 Å². The Bertz CT molecular complexity index is 913. The number of nitrogens with one attached hydrogen (secondary N) is 2. The van der Waals surface area contributed by atoms with Crippen LogP contribution in [-0.2, 0) is 19.1 Å². The second-order valence-corrected chi connectivity index (χ2v) is 16.0. The van der Waals surface area contributed by atoms with E-state index in [-0.39, 0.29) is 24.8 Å². The number of hydrogen-bond donors (Lipinski definition) is 8. The molecule has 0 spiro atoms. The molecule has 12 heteroatoms. The zero-order chi connectivity index (χ0) is 40.5. The molecule has 8 atom stereocenters. The summed E-state index contributed by atoms with van der Waals surface area (Å²) in [7, 11) is 0. The Labute approximate surface area is 333 Å². The highest BCUT2D eigenvalue weighted by molar-refractivity contribution is 5.76. The number of unbranched alkanes of at least 4 members (excludes halogenated alkanes) is 22. The van der Waals surface area contributed by atoms with Gasteiger partial charge < -0.3 is 50.7 Å². The Balaban J connectivity index is 2.39. The van der Waals surface area contributed by atoms with Gasteiger partial charge in [0, 0.05) is 19.4 Å². The lowest BCUT2D eigenvalue weighted by molar-refractivity contribution is -0.303. The molecule has 1 rings (SSSR count). The smallest absolute Gasteiger partial charge is 0.220 e. The van der Waals surface area contributed by atoms with Gasteiger partial charge in [0.15, 0.2) is 6.29 Å². The van der Waals surface area contributed by atoms with E-state index in [4.69, 9.17) is 9.47 Å². The Morgan fingerprint density at radius 2 is 1.05 bits per heavy atom. The molecule has 8 N–H and O–H groups in total. The van der Waals surface area contributed by atoms with E-state index in [0.29, 0.717) is 19.3 Å². The standard InChI is InChI=1S/C43H84N2O10/c1-3-5-7-9-10-11-12-13-15-18-21-24-28-35(47)39(50)34(33-54-43-42(53)41(52)40(51)36(32-46)55-43)45-38(49)30-26-22-19-16-14-17-20-23-27-31-44-37(48)29-25-8-6-4-2/h34-36,39-43,46-47,50-53H,3-33H2,1-2H3,(H,44,48)(H,45,49)/t34?,35?,36-,39?,40+,41+,42-,43+/m1/s1. The molecule has 0 saturated carbocycles. The molecule has 0 aromatic heterocycles. The molecule has 55 heavy (non-hydrogen) atoms. The zero-order valence-electron chi connectivity index (χ0n) is 34.9. The van der Waals surface area contributed by atoms with Gasteiger partial charge in [0.25, 0.3) is 0 Å². The van der Waals surface area contributed by atoms with E-state index >= 15 is 0 Å². The van der Waals surface area contributed by atoms with Gasteiger partial charge in [-0.15, -0.1) is 0 Å². The van der Waals surface area contributed by atoms with Crippen molar-refractivity contribution in [2.24, 2.45) is 0 Å². The molecule has 1 saturated heterocycles. The quantitative estimate of drug-likeness (QED) is 0.0341. The molecule has 0 aromatic carbocycles. The predicted molar refractivity (Wildman–Crippen MR) is 217 cm³/mol. The van der Waals surface area contributed by atoms with Crippen LogP contribution in [0, 0.1) is 0 Å². The minimum atomic E-state index is -1.62. The molecular weight excluding hydrogens is 704 g/mol. The van der Waals surface area contributed by atoms with Crippen molar-refractivity contribution in [1.82, 2.24) is 10.6 Å². The molecular formula is C43H84N2O10. The van der Waals surface area contributed by atoms with Gasteiger partial charge in [-0.05, 0) is 25.7 Å². The average molecular weight is 789 g/mol. The van der Waals surface area contributed by atoms with Crippen molar-refractivity contribution in [1.29, 1.82) is 0 Å². The maximum absolute atomic E-state index is 13.0. The van der Waals surface area contributed by atoms with Crippen molar-refractivity contribution in [2.75, 3.05) is 19.8 Å². The predicted octanol–water partition coefficient (Wildman–Crippen LogP) is 6.09. The van der Waals surface area contributed by atoms with E-state index in [1.165, 1.54) is 64.2 Å². The van der Waals surface area contributed by atoms with Gasteiger partial charge in [0.05, 0.1) is 25.4 Å². The van der Waals surface area contributed by atoms with Crippen molar-refractivity contribution < 1.29 is 49.7 Å². The summed E-state index contributed by atoms with van der Waals surface area (Å²) in [5.74, 6) is -0.118. The molecule has 1 fully saturated rings. The fourth-order valence-electron chi connectivity index (χ4n) is 7.22. The van der Waals surface area contributed by atoms with Crippen molar-refractivity contribution in [2.45, 2.75) is 243 Å². The Kier molecular flexibility index (Phi) is 32.5. The molecule has 2 amide bonds. The van der Waals surface area contributed by atoms with Crippen LogP contribution in [0.5, 0.6) is 0 Å². The van der Waals surface area contributed by atoms with E-state index in [1.807, 2.05) is 0 Å². The van der Waals surface area contributed by atoms with Gasteiger partial charge >= 0.3 is 0 Å². The average Bonchev–Trinajstić information content (AvgIpc) is 3.18. The van der Waals surface area contributed by atoms with Gasteiger partial charge in [-0.1, -0.05) is 155 Å². The van der Waals surface area contributed by atoms with Gasteiger partial charge in [-0.25, -0.2) is 0 Å². The monoisotopic (exact) mass is 789 g/mol. The maximum atomic E-state index is 13.0. The summed E-state index contributed by atoms with van der Waals surface area (Å²) in [6.45, 7) is 4.23. The lowest BCUT2D eigenvalue weighted by atomic mass is 9.98. The maximum Gasteiger partial charge on any atom is 0.220 e. The summed E-state index contributed by atoms with van der Waals surface area (Å²) in [5.41, 5.74) is 0. The number of amides is 2. The first-order valence-electron chi connectivity index (χ1n) is 22.5. The van der Waals surface area contributed by atoms with Crippen molar-refractivity contribution >= 4 is 11.8 Å². The number of carbonyl (C=O) groups is 2. The fraction of sp³-hybridized carbons (Fsp3) is 0.953. The second kappa shape index (κ2) is 34.6. The van der Waals surface area contributed by atoms with E-state index in [1.54, 1.807) is 0 Å². The second-order valence-electron chi connectivity index (χ2n) is 16.0. The highest BCUT2D eigenvalue weighted by atomic mass is 16.7. The number of aliphatic hydroxyl groups is 6. The molecule has 12 nitrogen and oxygen atoms in total. The summed E-state index contributed by atoms with van der Waals surface area (Å²) >= 11 is 0. The summed E-state index contributed by atoms with van der Waals surface area (Å²) in [4.78, 5) is 24.8. The van der Waals surface area contributed by atoms with Gasteiger partial charge in [-0.3, -0.25) is 9.59 Å². The highest BCUT2D eigenvalue weighted by Crippen LogP contribution is 2.23. The largest absolute Gasteiger partial charge is 0.394 e. The van der Waals surface area contributed by atoms with Crippen LogP contribution in [0.3, 0.4) is 0 Å². The van der Waals surface area contributed by atoms with E-state index in [2.05, 4.69) is 24.5 Å². The topological polar surface area (TPSA) is 198 Å². The lowest BCUT2D eigenvalue weighted by Crippen LogP contribution is -2.60. The van der Waals surface area contributed by atoms with Crippen molar-refractivity contribution in [3.8, 4) is 0 Å². The highest BCUT2D eigenvalue weighted by Gasteiger charge is 2.44. The van der Waals surface area contributed by atoms with Gasteiger partial charge in [0.2, 0.25) is 11.8 Å². The molecule has 0 bridgehead atoms. The summed E-state index contributed by atoms with van der Waals surface area (Å²) in [6, 6.07) is -1.01. The first-order chi connectivity index (χ1) is 26.7. The molecule has 1 aliphatic heterocycles. The van der Waals surface area contributed by atoms with Gasteiger partial charge in [-0.2, -0.15) is 0 Å². The fourth-order valence-corrected chi connectivity index (χ4v) is 7.22. The number of ether oxygens (including phenoxy) is 2. The van der Waals surface area contributed by atoms with Crippen LogP contribution < -0.4 is 10.6 Å². The molecule has 1 heterocycles. The molecule has 0 radical (unpaired) electrons. The van der Waals surface area contributed by atoms with E-state index < -0.39 is 55.6 Å². The third-order valence-electron chi connectivity index (χ3n) is 11.0. The Morgan fingerprint density at radius 1 is 0.600 bits per heavy atom. The van der Waals surface area contributed by atoms with Crippen LogP contribution in [0.25, 0.3) is 0 Å². The minimum absolute atomic E-state index is 0.167. The zero-order valence-corrected chi connectivity index (χ0v) is 34.9. The van der Waals surface area contributed by atoms with Crippen molar-refractivity contribution in [3.63, 3.8) is 0 Å². The van der Waals surface area contributed by atoms with Crippen LogP contribution in [0.2, 0.25) is 0 Å². The Hall–Kier alpha value is -1.38. The molecule has 0 aromatic rings. The number of rotatable bonds is 37. The first-order valence-corrected chi connectivity index (χ1v) is 22.5. The minimum Gasteiger partial charge on any atom is -0.394 e. The lowest BCUT2D eigenvalue weighted by Gasteiger charge is -2.40. The third-order valence-corrected chi connectivity index (χ3v) is 11.0. The molecule has 3 unspecified atom stereocenters. The van der Waals surface area contributed by atoms with Crippen LogP contribution in [0.1, 0.15) is 194 Å². The molecule has 0 aliphatic carbocycles. The summed E-state index contributed by atoms with van der Waals surface area (Å²) < 4.78 is 11.1. The Morgan fingerprint density at radius 3 is 1.58 bits per heavy atom. The summed E-state index contributed by atoms with van der Waals surface area (Å²) in [5, 5.41) is 68.0. The number of hydrogen-bond acceptors (Lipinski definition) is 10. The van der Waals surface area contributed by atoms with Gasteiger partial charge in [0.1, 0.15) is 30.5 Å². The number of aliphatic hydroxyl groups excluding tert-OH is 6. The number of carbonyl (C=O) groups excluding carboxylic acids is 2. The van der Waals surface area contributed by atoms with E-state index in [9.17, 15) is 40.2 Å². The third kappa shape index (κ3) is 25.6. The molecule has 326 valence electrons. The van der Waals surface area contributed by atoms with Crippen LogP contribution >= 0.6 is 0 Å². The normalized spacial score (nSPS) is 21.6. The van der Waals surface area contributed by atoms with Crippen LogP contribution in [0.4, 0.5) is 0 Å². The molecule has 1 aliphatic rings. The SMILES string of the molecule is CCCCCCCCCCCCCCC(O)C(O)C(CO[C@H]1O[C@H](CO)[C@H](O)[C@H](O)[C@H]1O)NC(=O)CCCCCCCCCCCNC(=O)CCCCCC.